The lowest BCUT2D eigenvalue weighted by Gasteiger charge is -2.24. The SMILES string of the molecule is ClCC1(Cc2ccoc2)CCCO1. The van der Waals surface area contributed by atoms with E-state index in [1.54, 1.807) is 12.5 Å². The van der Waals surface area contributed by atoms with Gasteiger partial charge < -0.3 is 9.15 Å². The summed E-state index contributed by atoms with van der Waals surface area (Å²) in [4.78, 5) is 0. The molecule has 0 saturated carbocycles. The molecule has 13 heavy (non-hydrogen) atoms. The van der Waals surface area contributed by atoms with Crippen molar-refractivity contribution in [3.63, 3.8) is 0 Å². The first-order chi connectivity index (χ1) is 6.35. The van der Waals surface area contributed by atoms with E-state index in [2.05, 4.69) is 0 Å². The highest BCUT2D eigenvalue weighted by molar-refractivity contribution is 6.18. The third kappa shape index (κ3) is 1.89. The molecule has 2 nitrogen and oxygen atoms in total. The number of rotatable bonds is 3. The lowest BCUT2D eigenvalue weighted by Crippen LogP contribution is -2.32. The highest BCUT2D eigenvalue weighted by Gasteiger charge is 2.34. The maximum atomic E-state index is 5.93. The van der Waals surface area contributed by atoms with Crippen molar-refractivity contribution in [2.75, 3.05) is 12.5 Å². The highest BCUT2D eigenvalue weighted by atomic mass is 35.5. The zero-order valence-corrected chi connectivity index (χ0v) is 8.22. The summed E-state index contributed by atoms with van der Waals surface area (Å²) in [7, 11) is 0. The molecular formula is C10H13ClO2. The smallest absolute Gasteiger partial charge is 0.0935 e. The van der Waals surface area contributed by atoms with Crippen LogP contribution in [0.2, 0.25) is 0 Å². The van der Waals surface area contributed by atoms with E-state index in [0.29, 0.717) is 5.88 Å². The summed E-state index contributed by atoms with van der Waals surface area (Å²) >= 11 is 5.93. The number of hydrogen-bond donors (Lipinski definition) is 0. The molecule has 0 aliphatic carbocycles. The monoisotopic (exact) mass is 200 g/mol. The van der Waals surface area contributed by atoms with Gasteiger partial charge in [0.15, 0.2) is 0 Å². The molecule has 2 heterocycles. The van der Waals surface area contributed by atoms with Crippen LogP contribution in [0.4, 0.5) is 0 Å². The number of hydrogen-bond acceptors (Lipinski definition) is 2. The maximum absolute atomic E-state index is 5.93. The minimum atomic E-state index is -0.134. The fourth-order valence-electron chi connectivity index (χ4n) is 1.81. The van der Waals surface area contributed by atoms with E-state index in [1.165, 1.54) is 5.56 Å². The quantitative estimate of drug-likeness (QED) is 0.700. The van der Waals surface area contributed by atoms with Gasteiger partial charge in [-0.2, -0.15) is 0 Å². The van der Waals surface area contributed by atoms with Gasteiger partial charge in [0.05, 0.1) is 24.0 Å². The molecule has 3 heteroatoms. The topological polar surface area (TPSA) is 22.4 Å². The molecule has 0 radical (unpaired) electrons. The van der Waals surface area contributed by atoms with Crippen LogP contribution in [0.1, 0.15) is 18.4 Å². The van der Waals surface area contributed by atoms with E-state index in [-0.39, 0.29) is 5.60 Å². The van der Waals surface area contributed by atoms with Crippen molar-refractivity contribution >= 4 is 11.6 Å². The normalized spacial score (nSPS) is 28.1. The van der Waals surface area contributed by atoms with Gasteiger partial charge in [0.2, 0.25) is 0 Å². The number of alkyl halides is 1. The van der Waals surface area contributed by atoms with E-state index in [9.17, 15) is 0 Å². The van der Waals surface area contributed by atoms with Crippen molar-refractivity contribution in [1.29, 1.82) is 0 Å². The average Bonchev–Trinajstić information content (AvgIpc) is 2.77. The van der Waals surface area contributed by atoms with Gasteiger partial charge in [-0.25, -0.2) is 0 Å². The molecule has 1 aliphatic rings. The van der Waals surface area contributed by atoms with Gasteiger partial charge in [-0.1, -0.05) is 0 Å². The van der Waals surface area contributed by atoms with Crippen LogP contribution >= 0.6 is 11.6 Å². The number of ether oxygens (including phenoxy) is 1. The maximum Gasteiger partial charge on any atom is 0.0935 e. The lowest BCUT2D eigenvalue weighted by atomic mass is 9.95. The Morgan fingerprint density at radius 2 is 2.46 bits per heavy atom. The molecule has 1 saturated heterocycles. The molecule has 0 bridgehead atoms. The Hall–Kier alpha value is -0.470. The fraction of sp³-hybridized carbons (Fsp3) is 0.600. The molecule has 0 spiro atoms. The second kappa shape index (κ2) is 3.72. The molecule has 1 aromatic heterocycles. The number of halogens is 1. The Morgan fingerprint density at radius 1 is 1.54 bits per heavy atom. The summed E-state index contributed by atoms with van der Waals surface area (Å²) in [6.07, 6.45) is 6.49. The second-order valence-electron chi connectivity index (χ2n) is 3.58. The van der Waals surface area contributed by atoms with E-state index in [4.69, 9.17) is 20.8 Å². The molecule has 0 aromatic carbocycles. The standard InChI is InChI=1S/C10H13ClO2/c11-8-10(3-1-4-13-10)6-9-2-5-12-7-9/h2,5,7H,1,3-4,6,8H2. The summed E-state index contributed by atoms with van der Waals surface area (Å²) < 4.78 is 10.7. The van der Waals surface area contributed by atoms with Crippen LogP contribution in [0.3, 0.4) is 0 Å². The first kappa shape index (κ1) is 9.10. The van der Waals surface area contributed by atoms with Gasteiger partial charge in [0, 0.05) is 13.0 Å². The summed E-state index contributed by atoms with van der Waals surface area (Å²) in [5.74, 6) is 0.568. The van der Waals surface area contributed by atoms with Crippen molar-refractivity contribution < 1.29 is 9.15 Å². The molecule has 0 amide bonds. The summed E-state index contributed by atoms with van der Waals surface area (Å²) in [6, 6.07) is 1.97. The van der Waals surface area contributed by atoms with Gasteiger partial charge in [-0.15, -0.1) is 11.6 Å². The predicted molar refractivity (Wildman–Crippen MR) is 51.0 cm³/mol. The second-order valence-corrected chi connectivity index (χ2v) is 3.84. The Kier molecular flexibility index (Phi) is 2.61. The predicted octanol–water partition coefficient (Wildman–Crippen LogP) is 2.61. The van der Waals surface area contributed by atoms with Crippen LogP contribution in [0.25, 0.3) is 0 Å². The fourth-order valence-corrected chi connectivity index (χ4v) is 2.12. The average molecular weight is 201 g/mol. The van der Waals surface area contributed by atoms with Crippen LogP contribution in [-0.2, 0) is 11.2 Å². The number of furan rings is 1. The summed E-state index contributed by atoms with van der Waals surface area (Å²) in [6.45, 7) is 0.838. The van der Waals surface area contributed by atoms with Crippen LogP contribution in [0.15, 0.2) is 23.0 Å². The van der Waals surface area contributed by atoms with E-state index < -0.39 is 0 Å². The van der Waals surface area contributed by atoms with Gasteiger partial charge >= 0.3 is 0 Å². The molecule has 2 rings (SSSR count). The molecule has 0 N–H and O–H groups in total. The summed E-state index contributed by atoms with van der Waals surface area (Å²) in [5.41, 5.74) is 1.04. The Labute approximate surface area is 82.8 Å². The third-order valence-corrected chi connectivity index (χ3v) is 3.02. The Balaban J connectivity index is 2.06. The van der Waals surface area contributed by atoms with Crippen molar-refractivity contribution in [2.24, 2.45) is 0 Å². The lowest BCUT2D eigenvalue weighted by molar-refractivity contribution is 0.0237. The molecule has 1 unspecified atom stereocenters. The van der Waals surface area contributed by atoms with Crippen LogP contribution in [0.5, 0.6) is 0 Å². The van der Waals surface area contributed by atoms with Gasteiger partial charge in [-0.05, 0) is 24.5 Å². The largest absolute Gasteiger partial charge is 0.472 e. The summed E-state index contributed by atoms with van der Waals surface area (Å²) in [5, 5.41) is 0. The van der Waals surface area contributed by atoms with Gasteiger partial charge in [-0.3, -0.25) is 0 Å². The molecule has 1 atom stereocenters. The van der Waals surface area contributed by atoms with Crippen LogP contribution in [-0.4, -0.2) is 18.1 Å². The first-order valence-corrected chi connectivity index (χ1v) is 5.09. The molecule has 1 fully saturated rings. The van der Waals surface area contributed by atoms with Crippen LogP contribution in [0, 0.1) is 0 Å². The molecule has 1 aliphatic heterocycles. The van der Waals surface area contributed by atoms with Crippen molar-refractivity contribution in [2.45, 2.75) is 24.9 Å². The molecular weight excluding hydrogens is 188 g/mol. The van der Waals surface area contributed by atoms with Gasteiger partial charge in [0.25, 0.3) is 0 Å². The van der Waals surface area contributed by atoms with Crippen molar-refractivity contribution in [1.82, 2.24) is 0 Å². The minimum Gasteiger partial charge on any atom is -0.472 e. The van der Waals surface area contributed by atoms with E-state index >= 15 is 0 Å². The van der Waals surface area contributed by atoms with E-state index in [0.717, 1.165) is 25.9 Å². The van der Waals surface area contributed by atoms with Crippen molar-refractivity contribution in [3.8, 4) is 0 Å². The Bertz CT molecular complexity index is 250. The molecule has 1 aromatic rings. The van der Waals surface area contributed by atoms with Gasteiger partial charge in [0.1, 0.15) is 0 Å². The zero-order valence-electron chi connectivity index (χ0n) is 7.46. The molecule has 72 valence electrons. The van der Waals surface area contributed by atoms with E-state index in [1.807, 2.05) is 6.07 Å². The minimum absolute atomic E-state index is 0.134. The Morgan fingerprint density at radius 3 is 3.00 bits per heavy atom. The first-order valence-electron chi connectivity index (χ1n) is 4.56. The zero-order chi connectivity index (χ0) is 9.15. The third-order valence-electron chi connectivity index (χ3n) is 2.53. The van der Waals surface area contributed by atoms with Crippen LogP contribution < -0.4 is 0 Å². The van der Waals surface area contributed by atoms with Crippen molar-refractivity contribution in [3.05, 3.63) is 24.2 Å². The highest BCUT2D eigenvalue weighted by Crippen LogP contribution is 2.30.